The van der Waals surface area contributed by atoms with Gasteiger partial charge >= 0.3 is 0 Å². The van der Waals surface area contributed by atoms with Crippen LogP contribution in [0.3, 0.4) is 0 Å². The molecule has 0 radical (unpaired) electrons. The van der Waals surface area contributed by atoms with E-state index in [0.717, 1.165) is 32.1 Å². The van der Waals surface area contributed by atoms with Crippen molar-refractivity contribution in [3.8, 4) is 0 Å². The number of nitrogens with two attached hydrogens (primary N) is 1. The minimum absolute atomic E-state index is 0.176. The van der Waals surface area contributed by atoms with Crippen molar-refractivity contribution >= 4 is 6.41 Å². The predicted molar refractivity (Wildman–Crippen MR) is 63.8 cm³/mol. The average Bonchev–Trinajstić information content (AvgIpc) is 2.16. The Kier molecular flexibility index (Phi) is 4.74. The lowest BCUT2D eigenvalue weighted by Gasteiger charge is -2.35. The Balaban J connectivity index is 2.52. The Hall–Kier alpha value is -0.610. The van der Waals surface area contributed by atoms with Crippen LogP contribution < -0.4 is 11.1 Å². The monoisotopic (exact) mass is 228 g/mol. The van der Waals surface area contributed by atoms with Crippen molar-refractivity contribution in [3.05, 3.63) is 0 Å². The zero-order valence-corrected chi connectivity index (χ0v) is 10.5. The van der Waals surface area contributed by atoms with Gasteiger partial charge in [0.2, 0.25) is 6.41 Å². The summed E-state index contributed by atoms with van der Waals surface area (Å²) in [7, 11) is 0. The summed E-state index contributed by atoms with van der Waals surface area (Å²) >= 11 is 0. The predicted octanol–water partition coefficient (Wildman–Crippen LogP) is 1.39. The number of hydrogen-bond donors (Lipinski definition) is 2. The van der Waals surface area contributed by atoms with E-state index in [0.29, 0.717) is 12.0 Å². The number of rotatable bonds is 4. The van der Waals surface area contributed by atoms with Gasteiger partial charge in [0.1, 0.15) is 6.23 Å². The summed E-state index contributed by atoms with van der Waals surface area (Å²) in [4.78, 5) is 10.6. The molecule has 94 valence electrons. The van der Waals surface area contributed by atoms with E-state index in [1.165, 1.54) is 0 Å². The smallest absolute Gasteiger partial charge is 0.209 e. The molecule has 0 aromatic rings. The quantitative estimate of drug-likeness (QED) is 0.564. The highest BCUT2D eigenvalue weighted by Crippen LogP contribution is 2.28. The van der Waals surface area contributed by atoms with Crippen molar-refractivity contribution in [2.75, 3.05) is 0 Å². The van der Waals surface area contributed by atoms with Crippen LogP contribution in [-0.4, -0.2) is 24.3 Å². The molecule has 3 N–H and O–H groups in total. The molecule has 1 aliphatic rings. The third-order valence-corrected chi connectivity index (χ3v) is 2.96. The third kappa shape index (κ3) is 4.49. The van der Waals surface area contributed by atoms with E-state index in [4.69, 9.17) is 10.5 Å². The molecule has 1 rings (SSSR count). The fourth-order valence-corrected chi connectivity index (χ4v) is 2.16. The Morgan fingerprint density at radius 1 is 1.31 bits per heavy atom. The molecular weight excluding hydrogens is 204 g/mol. The van der Waals surface area contributed by atoms with Crippen LogP contribution in [0.5, 0.6) is 0 Å². The van der Waals surface area contributed by atoms with E-state index in [1.54, 1.807) is 0 Å². The van der Waals surface area contributed by atoms with Gasteiger partial charge in [-0.25, -0.2) is 0 Å². The molecule has 16 heavy (non-hydrogen) atoms. The molecule has 0 heterocycles. The zero-order chi connectivity index (χ0) is 12.2. The molecule has 1 amide bonds. The highest BCUT2D eigenvalue weighted by molar-refractivity contribution is 5.46. The summed E-state index contributed by atoms with van der Waals surface area (Å²) in [6.07, 6.45) is 4.66. The number of hydrogen-bond acceptors (Lipinski definition) is 3. The lowest BCUT2D eigenvalue weighted by Crippen LogP contribution is -2.45. The molecule has 0 aromatic carbocycles. The third-order valence-electron chi connectivity index (χ3n) is 2.96. The second-order valence-electron chi connectivity index (χ2n) is 5.61. The maximum Gasteiger partial charge on any atom is 0.209 e. The summed E-state index contributed by atoms with van der Waals surface area (Å²) in [5.41, 5.74) is 5.63. The first kappa shape index (κ1) is 13.5. The Bertz CT molecular complexity index is 218. The first-order chi connectivity index (χ1) is 7.42. The highest BCUT2D eigenvalue weighted by atomic mass is 16.5. The molecule has 1 fully saturated rings. The molecular formula is C12H24N2O2. The van der Waals surface area contributed by atoms with Crippen molar-refractivity contribution in [2.24, 2.45) is 11.7 Å². The fourth-order valence-electron chi connectivity index (χ4n) is 2.16. The van der Waals surface area contributed by atoms with Crippen LogP contribution in [0.25, 0.3) is 0 Å². The van der Waals surface area contributed by atoms with Crippen molar-refractivity contribution in [3.63, 3.8) is 0 Å². The SMILES string of the molecule is CC(C)(C)OC(NC=O)C1CCC(N)CC1. The molecule has 4 heteroatoms. The lowest BCUT2D eigenvalue weighted by molar-refractivity contribution is -0.128. The summed E-state index contributed by atoms with van der Waals surface area (Å²) < 4.78 is 5.87. The van der Waals surface area contributed by atoms with Crippen molar-refractivity contribution in [1.82, 2.24) is 5.32 Å². The van der Waals surface area contributed by atoms with Gasteiger partial charge in [0.05, 0.1) is 5.60 Å². The van der Waals surface area contributed by atoms with Crippen molar-refractivity contribution < 1.29 is 9.53 Å². The molecule has 1 aliphatic carbocycles. The molecule has 0 aromatic heterocycles. The Morgan fingerprint density at radius 3 is 2.31 bits per heavy atom. The van der Waals surface area contributed by atoms with Gasteiger partial charge in [-0.05, 0) is 46.5 Å². The number of carbonyl (C=O) groups is 1. The average molecular weight is 228 g/mol. The number of ether oxygens (including phenoxy) is 1. The summed E-state index contributed by atoms with van der Waals surface area (Å²) in [5, 5.41) is 2.78. The molecule has 1 atom stereocenters. The van der Waals surface area contributed by atoms with Crippen LogP contribution in [0.1, 0.15) is 46.5 Å². The second-order valence-corrected chi connectivity index (χ2v) is 5.61. The first-order valence-corrected chi connectivity index (χ1v) is 6.05. The molecule has 0 saturated heterocycles. The number of nitrogens with one attached hydrogen (secondary N) is 1. The van der Waals surface area contributed by atoms with Crippen LogP contribution in [0.4, 0.5) is 0 Å². The van der Waals surface area contributed by atoms with Crippen LogP contribution in [0, 0.1) is 5.92 Å². The van der Waals surface area contributed by atoms with Gasteiger partial charge < -0.3 is 15.8 Å². The van der Waals surface area contributed by atoms with Gasteiger partial charge in [-0.2, -0.15) is 0 Å². The molecule has 0 aliphatic heterocycles. The molecule has 4 nitrogen and oxygen atoms in total. The Morgan fingerprint density at radius 2 is 1.88 bits per heavy atom. The van der Waals surface area contributed by atoms with E-state index in [2.05, 4.69) is 5.32 Å². The number of carbonyl (C=O) groups excluding carboxylic acids is 1. The number of amides is 1. The summed E-state index contributed by atoms with van der Waals surface area (Å²) in [5.74, 6) is 0.393. The van der Waals surface area contributed by atoms with Gasteiger partial charge in [-0.15, -0.1) is 0 Å². The van der Waals surface area contributed by atoms with Gasteiger partial charge in [-0.1, -0.05) is 0 Å². The first-order valence-electron chi connectivity index (χ1n) is 6.05. The minimum Gasteiger partial charge on any atom is -0.353 e. The Labute approximate surface area is 97.9 Å². The van der Waals surface area contributed by atoms with E-state index in [9.17, 15) is 4.79 Å². The lowest BCUT2D eigenvalue weighted by atomic mass is 9.85. The van der Waals surface area contributed by atoms with Gasteiger partial charge in [0, 0.05) is 12.0 Å². The van der Waals surface area contributed by atoms with Crippen molar-refractivity contribution in [2.45, 2.75) is 64.3 Å². The highest BCUT2D eigenvalue weighted by Gasteiger charge is 2.29. The van der Waals surface area contributed by atoms with Crippen LogP contribution in [-0.2, 0) is 9.53 Å². The standard InChI is InChI=1S/C12H24N2O2/c1-12(2,3)16-11(14-8-15)9-4-6-10(13)7-5-9/h8-11H,4-7,13H2,1-3H3,(H,14,15). The zero-order valence-electron chi connectivity index (χ0n) is 10.5. The summed E-state index contributed by atoms with van der Waals surface area (Å²) in [6, 6.07) is 0.322. The molecule has 1 saturated carbocycles. The largest absolute Gasteiger partial charge is 0.353 e. The van der Waals surface area contributed by atoms with E-state index in [-0.39, 0.29) is 11.8 Å². The van der Waals surface area contributed by atoms with Gasteiger partial charge in [-0.3, -0.25) is 4.79 Å². The summed E-state index contributed by atoms with van der Waals surface area (Å²) in [6.45, 7) is 6.00. The molecule has 1 unspecified atom stereocenters. The topological polar surface area (TPSA) is 64.3 Å². The maximum absolute atomic E-state index is 10.6. The van der Waals surface area contributed by atoms with Gasteiger partial charge in [0.15, 0.2) is 0 Å². The van der Waals surface area contributed by atoms with Crippen molar-refractivity contribution in [1.29, 1.82) is 0 Å². The van der Waals surface area contributed by atoms with E-state index in [1.807, 2.05) is 20.8 Å². The minimum atomic E-state index is -0.236. The van der Waals surface area contributed by atoms with Crippen LogP contribution in [0.2, 0.25) is 0 Å². The van der Waals surface area contributed by atoms with Gasteiger partial charge in [0.25, 0.3) is 0 Å². The maximum atomic E-state index is 10.6. The molecule has 0 bridgehead atoms. The van der Waals surface area contributed by atoms with E-state index < -0.39 is 0 Å². The van der Waals surface area contributed by atoms with Crippen LogP contribution >= 0.6 is 0 Å². The van der Waals surface area contributed by atoms with Crippen LogP contribution in [0.15, 0.2) is 0 Å². The van der Waals surface area contributed by atoms with E-state index >= 15 is 0 Å². The molecule has 0 spiro atoms. The second kappa shape index (κ2) is 5.64. The normalized spacial score (nSPS) is 28.5. The fraction of sp³-hybridized carbons (Fsp3) is 0.917.